The van der Waals surface area contributed by atoms with E-state index < -0.39 is 0 Å². The molecule has 1 heterocycles. The minimum Gasteiger partial charge on any atom is -0.383 e. The molecule has 3 heteroatoms. The molecule has 0 radical (unpaired) electrons. The Labute approximate surface area is 66.4 Å². The highest BCUT2D eigenvalue weighted by molar-refractivity contribution is 5.42. The van der Waals surface area contributed by atoms with Crippen LogP contribution in [0.15, 0.2) is 24.5 Å². The highest BCUT2D eigenvalue weighted by Gasteiger charge is 1.84. The van der Waals surface area contributed by atoms with E-state index in [2.05, 4.69) is 10.2 Å². The Morgan fingerprint density at radius 3 is 2.82 bits per heavy atom. The third kappa shape index (κ3) is 2.80. The van der Waals surface area contributed by atoms with Crippen LogP contribution in [0.5, 0.6) is 0 Å². The number of aromatic nitrogens is 2. The lowest BCUT2D eigenvalue weighted by Gasteiger charge is -2.01. The van der Waals surface area contributed by atoms with Crippen LogP contribution in [0.3, 0.4) is 0 Å². The minimum atomic E-state index is 0.876. The van der Waals surface area contributed by atoms with E-state index in [9.17, 15) is 0 Å². The molecule has 3 nitrogen and oxygen atoms in total. The van der Waals surface area contributed by atoms with Gasteiger partial charge in [0.15, 0.2) is 0 Å². The van der Waals surface area contributed by atoms with E-state index in [-0.39, 0.29) is 0 Å². The van der Waals surface area contributed by atoms with Gasteiger partial charge >= 0.3 is 0 Å². The van der Waals surface area contributed by atoms with Gasteiger partial charge in [-0.2, -0.15) is 10.2 Å². The van der Waals surface area contributed by atoms with Crippen LogP contribution in [-0.2, 0) is 0 Å². The van der Waals surface area contributed by atoms with Gasteiger partial charge in [0.2, 0.25) is 0 Å². The molecule has 1 rings (SSSR count). The zero-order valence-electron chi connectivity index (χ0n) is 6.73. The van der Waals surface area contributed by atoms with Crippen LogP contribution in [0.4, 0.5) is 0 Å². The van der Waals surface area contributed by atoms with Crippen molar-refractivity contribution >= 4 is 6.08 Å². The van der Waals surface area contributed by atoms with E-state index in [4.69, 9.17) is 0 Å². The first-order valence-corrected chi connectivity index (χ1v) is 3.41. The largest absolute Gasteiger partial charge is 0.383 e. The second kappa shape index (κ2) is 3.71. The van der Waals surface area contributed by atoms with Crippen LogP contribution in [0, 0.1) is 0 Å². The topological polar surface area (TPSA) is 29.0 Å². The second-order valence-electron chi connectivity index (χ2n) is 2.43. The summed E-state index contributed by atoms with van der Waals surface area (Å²) >= 11 is 0. The van der Waals surface area contributed by atoms with E-state index in [1.807, 2.05) is 43.4 Å². The van der Waals surface area contributed by atoms with E-state index in [1.165, 1.54) is 0 Å². The Balaban J connectivity index is 2.65. The van der Waals surface area contributed by atoms with Crippen LogP contribution < -0.4 is 0 Å². The summed E-state index contributed by atoms with van der Waals surface area (Å²) in [5.41, 5.74) is 0.876. The van der Waals surface area contributed by atoms with E-state index >= 15 is 0 Å². The monoisotopic (exact) mass is 149 g/mol. The number of hydrogen-bond acceptors (Lipinski definition) is 3. The average molecular weight is 149 g/mol. The van der Waals surface area contributed by atoms with Crippen LogP contribution >= 0.6 is 0 Å². The van der Waals surface area contributed by atoms with Crippen molar-refractivity contribution in [2.45, 2.75) is 0 Å². The second-order valence-corrected chi connectivity index (χ2v) is 2.43. The smallest absolute Gasteiger partial charge is 0.0871 e. The molecule has 0 fully saturated rings. The zero-order valence-corrected chi connectivity index (χ0v) is 6.73. The summed E-state index contributed by atoms with van der Waals surface area (Å²) in [6.45, 7) is 0. The molecule has 11 heavy (non-hydrogen) atoms. The van der Waals surface area contributed by atoms with Gasteiger partial charge in [-0.25, -0.2) is 0 Å². The summed E-state index contributed by atoms with van der Waals surface area (Å²) in [5.74, 6) is 0. The maximum atomic E-state index is 3.89. The van der Waals surface area contributed by atoms with Crippen molar-refractivity contribution < 1.29 is 0 Å². The average Bonchev–Trinajstić information content (AvgIpc) is 2.03. The quantitative estimate of drug-likeness (QED) is 0.628. The molecule has 0 aliphatic heterocycles. The molecule has 0 N–H and O–H groups in total. The molecule has 0 bridgehead atoms. The predicted octanol–water partition coefficient (Wildman–Crippen LogP) is 1.01. The molecule has 0 aromatic carbocycles. The number of rotatable bonds is 2. The van der Waals surface area contributed by atoms with Crippen molar-refractivity contribution in [2.24, 2.45) is 0 Å². The molecule has 0 amide bonds. The van der Waals surface area contributed by atoms with Gasteiger partial charge in [0.25, 0.3) is 0 Å². The highest BCUT2D eigenvalue weighted by atomic mass is 15.1. The van der Waals surface area contributed by atoms with Crippen molar-refractivity contribution in [3.63, 3.8) is 0 Å². The fraction of sp³-hybridized carbons (Fsp3) is 0.250. The summed E-state index contributed by atoms with van der Waals surface area (Å²) in [6.07, 6.45) is 5.50. The summed E-state index contributed by atoms with van der Waals surface area (Å²) in [5, 5.41) is 7.63. The van der Waals surface area contributed by atoms with Gasteiger partial charge in [0.1, 0.15) is 0 Å². The first-order chi connectivity index (χ1) is 5.29. The van der Waals surface area contributed by atoms with Crippen LogP contribution in [0.1, 0.15) is 5.69 Å². The molecule has 0 saturated carbocycles. The fourth-order valence-electron chi connectivity index (χ4n) is 0.628. The van der Waals surface area contributed by atoms with Crippen molar-refractivity contribution in [1.82, 2.24) is 15.1 Å². The van der Waals surface area contributed by atoms with Gasteiger partial charge < -0.3 is 4.90 Å². The third-order valence-electron chi connectivity index (χ3n) is 1.14. The lowest BCUT2D eigenvalue weighted by atomic mass is 10.4. The zero-order chi connectivity index (χ0) is 8.10. The van der Waals surface area contributed by atoms with Crippen LogP contribution in [0.25, 0.3) is 6.08 Å². The number of nitrogens with zero attached hydrogens (tertiary/aromatic N) is 3. The van der Waals surface area contributed by atoms with Crippen LogP contribution in [0.2, 0.25) is 0 Å². The van der Waals surface area contributed by atoms with Crippen LogP contribution in [-0.4, -0.2) is 29.2 Å². The van der Waals surface area contributed by atoms with Gasteiger partial charge in [-0.05, 0) is 18.2 Å². The summed E-state index contributed by atoms with van der Waals surface area (Å²) < 4.78 is 0. The normalized spacial score (nSPS) is 10.4. The molecule has 0 spiro atoms. The third-order valence-corrected chi connectivity index (χ3v) is 1.14. The van der Waals surface area contributed by atoms with E-state index in [0.29, 0.717) is 0 Å². The van der Waals surface area contributed by atoms with Gasteiger partial charge in [-0.1, -0.05) is 0 Å². The van der Waals surface area contributed by atoms with Gasteiger partial charge in [0.05, 0.1) is 5.69 Å². The molecule has 0 saturated heterocycles. The van der Waals surface area contributed by atoms with Crippen molar-refractivity contribution in [3.8, 4) is 0 Å². The highest BCUT2D eigenvalue weighted by Crippen LogP contribution is 1.94. The molecular formula is C8H11N3. The maximum Gasteiger partial charge on any atom is 0.0871 e. The van der Waals surface area contributed by atoms with Gasteiger partial charge in [-0.3, -0.25) is 0 Å². The Morgan fingerprint density at radius 1 is 1.45 bits per heavy atom. The molecule has 1 aromatic rings. The molecule has 0 atom stereocenters. The van der Waals surface area contributed by atoms with Gasteiger partial charge in [0, 0.05) is 26.5 Å². The Morgan fingerprint density at radius 2 is 2.27 bits per heavy atom. The molecule has 0 unspecified atom stereocenters. The lowest BCUT2D eigenvalue weighted by molar-refractivity contribution is 0.567. The summed E-state index contributed by atoms with van der Waals surface area (Å²) in [6, 6.07) is 3.77. The molecular weight excluding hydrogens is 138 g/mol. The van der Waals surface area contributed by atoms with E-state index in [1.54, 1.807) is 6.20 Å². The first-order valence-electron chi connectivity index (χ1n) is 3.41. The molecule has 0 aliphatic rings. The summed E-state index contributed by atoms with van der Waals surface area (Å²) in [7, 11) is 3.93. The fourth-order valence-corrected chi connectivity index (χ4v) is 0.628. The van der Waals surface area contributed by atoms with Crippen molar-refractivity contribution in [1.29, 1.82) is 0 Å². The molecule has 58 valence electrons. The van der Waals surface area contributed by atoms with Gasteiger partial charge in [-0.15, -0.1) is 0 Å². The Kier molecular flexibility index (Phi) is 2.60. The standard InChI is InChI=1S/C8H11N3/c1-11(2)7-5-8-4-3-6-9-10-8/h3-7H,1-2H3/b7-5+. The lowest BCUT2D eigenvalue weighted by Crippen LogP contribution is -1.99. The molecule has 1 aromatic heterocycles. The van der Waals surface area contributed by atoms with E-state index in [0.717, 1.165) is 5.69 Å². The minimum absolute atomic E-state index is 0.876. The Bertz CT molecular complexity index is 228. The van der Waals surface area contributed by atoms with Crippen molar-refractivity contribution in [2.75, 3.05) is 14.1 Å². The SMILES string of the molecule is CN(C)/C=C/c1cccnn1. The predicted molar refractivity (Wildman–Crippen MR) is 44.8 cm³/mol. The van der Waals surface area contributed by atoms with Crippen molar-refractivity contribution in [3.05, 3.63) is 30.2 Å². The summed E-state index contributed by atoms with van der Waals surface area (Å²) in [4.78, 5) is 1.95. The number of hydrogen-bond donors (Lipinski definition) is 0. The molecule has 0 aliphatic carbocycles. The maximum absolute atomic E-state index is 3.89. The first kappa shape index (κ1) is 7.72. The Hall–Kier alpha value is -1.38.